The molecule has 0 aromatic carbocycles. The second kappa shape index (κ2) is 4.29. The number of imide groups is 1. The summed E-state index contributed by atoms with van der Waals surface area (Å²) in [7, 11) is 0. The van der Waals surface area contributed by atoms with Gasteiger partial charge in [0.2, 0.25) is 0 Å². The monoisotopic (exact) mass is 239 g/mol. The summed E-state index contributed by atoms with van der Waals surface area (Å²) in [5.74, 6) is 0.114. The van der Waals surface area contributed by atoms with Crippen LogP contribution in [0.4, 0.5) is 4.79 Å². The van der Waals surface area contributed by atoms with Crippen LogP contribution in [-0.4, -0.2) is 41.5 Å². The molecule has 2 atom stereocenters. The highest BCUT2D eigenvalue weighted by Crippen LogP contribution is 2.31. The van der Waals surface area contributed by atoms with Gasteiger partial charge >= 0.3 is 6.03 Å². The van der Waals surface area contributed by atoms with Gasteiger partial charge in [-0.3, -0.25) is 9.69 Å². The van der Waals surface area contributed by atoms with Crippen molar-refractivity contribution in [2.45, 2.75) is 45.2 Å². The van der Waals surface area contributed by atoms with E-state index in [2.05, 4.69) is 10.6 Å². The molecule has 0 aromatic heterocycles. The van der Waals surface area contributed by atoms with Crippen molar-refractivity contribution >= 4 is 11.9 Å². The Hall–Kier alpha value is -1.10. The number of carbonyl (C=O) groups excluding carboxylic acids is 2. The maximum atomic E-state index is 12.4. The minimum absolute atomic E-state index is 0.0776. The molecule has 0 unspecified atom stereocenters. The number of nitrogens with one attached hydrogen (secondary N) is 2. The number of piperidine rings is 1. The number of rotatable bonds is 2. The van der Waals surface area contributed by atoms with Crippen molar-refractivity contribution in [1.29, 1.82) is 0 Å². The van der Waals surface area contributed by atoms with Crippen molar-refractivity contribution in [3.8, 4) is 0 Å². The Balaban J connectivity index is 2.21. The van der Waals surface area contributed by atoms with Crippen molar-refractivity contribution in [2.24, 2.45) is 5.92 Å². The highest BCUT2D eigenvalue weighted by molar-refractivity contribution is 6.07. The molecule has 96 valence electrons. The summed E-state index contributed by atoms with van der Waals surface area (Å²) in [6.07, 6.45) is 2.05. The zero-order valence-corrected chi connectivity index (χ0v) is 10.7. The third-order valence-corrected chi connectivity index (χ3v) is 3.88. The predicted molar refractivity (Wildman–Crippen MR) is 64.5 cm³/mol. The molecule has 5 nitrogen and oxygen atoms in total. The van der Waals surface area contributed by atoms with Crippen molar-refractivity contribution in [1.82, 2.24) is 15.5 Å². The van der Waals surface area contributed by atoms with Crippen LogP contribution in [0.1, 0.15) is 33.6 Å². The Morgan fingerprint density at radius 3 is 2.59 bits per heavy atom. The number of hydrogen-bond acceptors (Lipinski definition) is 3. The van der Waals surface area contributed by atoms with Gasteiger partial charge in [-0.2, -0.15) is 0 Å². The Bertz CT molecular complexity index is 337. The first-order valence-electron chi connectivity index (χ1n) is 6.33. The molecule has 0 saturated carbocycles. The number of hydrogen-bond donors (Lipinski definition) is 2. The van der Waals surface area contributed by atoms with E-state index in [9.17, 15) is 9.59 Å². The fourth-order valence-electron chi connectivity index (χ4n) is 2.77. The molecule has 0 spiro atoms. The van der Waals surface area contributed by atoms with E-state index in [4.69, 9.17) is 0 Å². The fourth-order valence-corrected chi connectivity index (χ4v) is 2.77. The lowest BCUT2D eigenvalue weighted by Crippen LogP contribution is -2.55. The normalized spacial score (nSPS) is 34.4. The summed E-state index contributed by atoms with van der Waals surface area (Å²) < 4.78 is 0. The summed E-state index contributed by atoms with van der Waals surface area (Å²) in [5.41, 5.74) is -0.727. The Morgan fingerprint density at radius 1 is 1.41 bits per heavy atom. The first-order valence-corrected chi connectivity index (χ1v) is 6.33. The van der Waals surface area contributed by atoms with E-state index in [0.29, 0.717) is 0 Å². The van der Waals surface area contributed by atoms with Gasteiger partial charge in [0.15, 0.2) is 0 Å². The van der Waals surface area contributed by atoms with E-state index in [1.54, 1.807) is 0 Å². The first-order chi connectivity index (χ1) is 7.97. The van der Waals surface area contributed by atoms with Gasteiger partial charge in [0.05, 0.1) is 0 Å². The molecular formula is C12H21N3O2. The van der Waals surface area contributed by atoms with Crippen LogP contribution >= 0.6 is 0 Å². The average molecular weight is 239 g/mol. The van der Waals surface area contributed by atoms with E-state index in [0.717, 1.165) is 25.9 Å². The Morgan fingerprint density at radius 2 is 2.12 bits per heavy atom. The highest BCUT2D eigenvalue weighted by Gasteiger charge is 2.52. The van der Waals surface area contributed by atoms with Crippen LogP contribution in [-0.2, 0) is 4.79 Å². The molecule has 2 rings (SSSR count). The van der Waals surface area contributed by atoms with Gasteiger partial charge in [0, 0.05) is 18.5 Å². The zero-order valence-electron chi connectivity index (χ0n) is 10.7. The largest absolute Gasteiger partial charge is 0.325 e. The molecular weight excluding hydrogens is 218 g/mol. The lowest BCUT2D eigenvalue weighted by Gasteiger charge is -2.35. The molecule has 2 N–H and O–H groups in total. The van der Waals surface area contributed by atoms with Crippen LogP contribution in [0.2, 0.25) is 0 Å². The van der Waals surface area contributed by atoms with Gasteiger partial charge in [0.1, 0.15) is 5.54 Å². The van der Waals surface area contributed by atoms with Crippen LogP contribution in [0.25, 0.3) is 0 Å². The van der Waals surface area contributed by atoms with Crippen molar-refractivity contribution in [2.75, 3.05) is 13.1 Å². The molecule has 0 bridgehead atoms. The Labute approximate surface area is 102 Å². The molecule has 0 aliphatic carbocycles. The van der Waals surface area contributed by atoms with Crippen molar-refractivity contribution in [3.05, 3.63) is 0 Å². The number of urea groups is 1. The molecule has 2 aliphatic rings. The molecule has 3 amide bonds. The summed E-state index contributed by atoms with van der Waals surface area (Å²) in [4.78, 5) is 25.6. The van der Waals surface area contributed by atoms with Crippen molar-refractivity contribution < 1.29 is 9.59 Å². The van der Waals surface area contributed by atoms with E-state index in [-0.39, 0.29) is 23.9 Å². The third-order valence-electron chi connectivity index (χ3n) is 3.88. The quantitative estimate of drug-likeness (QED) is 0.697. The zero-order chi connectivity index (χ0) is 12.6. The molecule has 2 saturated heterocycles. The SMILES string of the molecule is CC(C)N1C(=O)N[C@@](C)([C@H]2CCCNC2)C1=O. The van der Waals surface area contributed by atoms with Crippen LogP contribution < -0.4 is 10.6 Å². The third kappa shape index (κ3) is 1.92. The maximum Gasteiger partial charge on any atom is 0.325 e. The molecule has 0 radical (unpaired) electrons. The van der Waals surface area contributed by atoms with Gasteiger partial charge < -0.3 is 10.6 Å². The minimum atomic E-state index is -0.727. The number of amides is 3. The standard InChI is InChI=1S/C12H21N3O2/c1-8(2)15-10(16)12(3,14-11(15)17)9-5-4-6-13-7-9/h8-9,13H,4-7H2,1-3H3,(H,14,17)/t9-,12-/m0/s1. The average Bonchev–Trinajstić information content (AvgIpc) is 2.52. The summed E-state index contributed by atoms with van der Waals surface area (Å²) in [5, 5.41) is 6.17. The van der Waals surface area contributed by atoms with Gasteiger partial charge in [0.25, 0.3) is 5.91 Å². The molecule has 17 heavy (non-hydrogen) atoms. The van der Waals surface area contributed by atoms with Gasteiger partial charge in [-0.15, -0.1) is 0 Å². The van der Waals surface area contributed by atoms with Gasteiger partial charge in [-0.1, -0.05) is 0 Å². The summed E-state index contributed by atoms with van der Waals surface area (Å²) >= 11 is 0. The second-order valence-corrected chi connectivity index (χ2v) is 5.44. The topological polar surface area (TPSA) is 61.4 Å². The maximum absolute atomic E-state index is 12.4. The van der Waals surface area contributed by atoms with Crippen LogP contribution in [0.5, 0.6) is 0 Å². The van der Waals surface area contributed by atoms with Crippen LogP contribution in [0, 0.1) is 5.92 Å². The van der Waals surface area contributed by atoms with Gasteiger partial charge in [-0.25, -0.2) is 4.79 Å². The Kier molecular flexibility index (Phi) is 3.12. The smallest absolute Gasteiger partial charge is 0.323 e. The van der Waals surface area contributed by atoms with E-state index in [1.807, 2.05) is 20.8 Å². The van der Waals surface area contributed by atoms with Gasteiger partial charge in [-0.05, 0) is 40.2 Å². The molecule has 2 aliphatic heterocycles. The van der Waals surface area contributed by atoms with Crippen molar-refractivity contribution in [3.63, 3.8) is 0 Å². The fraction of sp³-hybridized carbons (Fsp3) is 0.833. The van der Waals surface area contributed by atoms with E-state index in [1.165, 1.54) is 4.90 Å². The highest BCUT2D eigenvalue weighted by atomic mass is 16.2. The summed E-state index contributed by atoms with van der Waals surface area (Å²) in [6.45, 7) is 7.38. The second-order valence-electron chi connectivity index (χ2n) is 5.44. The number of carbonyl (C=O) groups is 2. The summed E-state index contributed by atoms with van der Waals surface area (Å²) in [6, 6.07) is -0.334. The lowest BCUT2D eigenvalue weighted by molar-refractivity contribution is -0.133. The number of nitrogens with zero attached hydrogens (tertiary/aromatic N) is 1. The predicted octanol–water partition coefficient (Wildman–Crippen LogP) is 0.705. The molecule has 0 aromatic rings. The minimum Gasteiger partial charge on any atom is -0.323 e. The molecule has 2 heterocycles. The van der Waals surface area contributed by atoms with E-state index >= 15 is 0 Å². The van der Waals surface area contributed by atoms with Crippen LogP contribution in [0.3, 0.4) is 0 Å². The first kappa shape index (κ1) is 12.4. The molecule has 2 fully saturated rings. The van der Waals surface area contributed by atoms with E-state index < -0.39 is 5.54 Å². The van der Waals surface area contributed by atoms with Crippen LogP contribution in [0.15, 0.2) is 0 Å². The molecule has 5 heteroatoms. The lowest BCUT2D eigenvalue weighted by atomic mass is 9.80.